The van der Waals surface area contributed by atoms with E-state index >= 15 is 0 Å². The molecule has 1 aromatic heterocycles. The third kappa shape index (κ3) is 2.91. The van der Waals surface area contributed by atoms with E-state index in [1.54, 1.807) is 18.3 Å². The Bertz CT molecular complexity index is 933. The first-order valence-electron chi connectivity index (χ1n) is 8.05. The summed E-state index contributed by atoms with van der Waals surface area (Å²) in [6, 6.07) is 16.0. The molecule has 24 heavy (non-hydrogen) atoms. The molecular formula is C20H17N3O. The summed E-state index contributed by atoms with van der Waals surface area (Å²) in [6.07, 6.45) is 5.93. The monoisotopic (exact) mass is 315 g/mol. The van der Waals surface area contributed by atoms with Gasteiger partial charge in [-0.2, -0.15) is 0 Å². The highest BCUT2D eigenvalue weighted by Gasteiger charge is 2.18. The van der Waals surface area contributed by atoms with Gasteiger partial charge in [0.2, 0.25) is 5.91 Å². The second kappa shape index (κ2) is 6.24. The fourth-order valence-corrected chi connectivity index (χ4v) is 3.00. The summed E-state index contributed by atoms with van der Waals surface area (Å²) in [4.78, 5) is 23.2. The zero-order valence-corrected chi connectivity index (χ0v) is 13.2. The fraction of sp³-hybridized carbons (Fsp3) is 0.150. The third-order valence-corrected chi connectivity index (χ3v) is 4.31. The Labute approximate surface area is 140 Å². The molecular weight excluding hydrogens is 298 g/mol. The van der Waals surface area contributed by atoms with E-state index in [2.05, 4.69) is 28.2 Å². The van der Waals surface area contributed by atoms with Crippen LogP contribution in [0.1, 0.15) is 16.8 Å². The molecule has 0 atom stereocenters. The molecule has 0 saturated heterocycles. The number of carbonyl (C=O) groups excluding carboxylic acids is 1. The van der Waals surface area contributed by atoms with Crippen molar-refractivity contribution in [1.82, 2.24) is 14.9 Å². The van der Waals surface area contributed by atoms with E-state index < -0.39 is 0 Å². The molecule has 0 spiro atoms. The van der Waals surface area contributed by atoms with E-state index in [9.17, 15) is 4.79 Å². The Hall–Kier alpha value is -3.01. The van der Waals surface area contributed by atoms with E-state index in [0.717, 1.165) is 24.0 Å². The number of nitrogens with zero attached hydrogens (tertiary/aromatic N) is 3. The van der Waals surface area contributed by atoms with Gasteiger partial charge in [0.15, 0.2) is 0 Å². The smallest absolute Gasteiger partial charge is 0.246 e. The van der Waals surface area contributed by atoms with Gasteiger partial charge in [-0.1, -0.05) is 36.4 Å². The topological polar surface area (TPSA) is 46.1 Å². The molecule has 4 nitrogen and oxygen atoms in total. The van der Waals surface area contributed by atoms with Gasteiger partial charge < -0.3 is 4.90 Å². The first-order chi connectivity index (χ1) is 11.8. The van der Waals surface area contributed by atoms with Crippen LogP contribution in [0.5, 0.6) is 0 Å². The molecule has 0 aliphatic carbocycles. The summed E-state index contributed by atoms with van der Waals surface area (Å²) in [5, 5.41) is 0. The molecule has 2 heterocycles. The molecule has 3 aromatic rings. The van der Waals surface area contributed by atoms with Crippen LogP contribution in [0.3, 0.4) is 0 Å². The molecule has 0 N–H and O–H groups in total. The van der Waals surface area contributed by atoms with Crippen molar-refractivity contribution >= 4 is 23.0 Å². The molecule has 1 aliphatic heterocycles. The fourth-order valence-electron chi connectivity index (χ4n) is 3.00. The standard InChI is InChI=1S/C20H17N3O/c24-20(23-12-11-15-5-1-2-6-16(15)14-23)10-9-17-13-21-18-7-3-4-8-19(18)22-17/h1-10,13H,11-12,14H2. The zero-order valence-electron chi connectivity index (χ0n) is 13.2. The van der Waals surface area contributed by atoms with Crippen molar-refractivity contribution in [1.29, 1.82) is 0 Å². The van der Waals surface area contributed by atoms with Crippen molar-refractivity contribution in [3.05, 3.63) is 77.6 Å². The lowest BCUT2D eigenvalue weighted by Crippen LogP contribution is -2.34. The van der Waals surface area contributed by atoms with Crippen LogP contribution >= 0.6 is 0 Å². The van der Waals surface area contributed by atoms with Crippen LogP contribution in [0.15, 0.2) is 60.8 Å². The Morgan fingerprint density at radius 2 is 1.75 bits per heavy atom. The molecule has 1 aliphatic rings. The number of hydrogen-bond donors (Lipinski definition) is 0. The minimum absolute atomic E-state index is 0.0134. The molecule has 0 saturated carbocycles. The Morgan fingerprint density at radius 1 is 1.00 bits per heavy atom. The maximum Gasteiger partial charge on any atom is 0.246 e. The highest BCUT2D eigenvalue weighted by atomic mass is 16.2. The lowest BCUT2D eigenvalue weighted by molar-refractivity contribution is -0.126. The van der Waals surface area contributed by atoms with Crippen LogP contribution in [-0.2, 0) is 17.8 Å². The number of fused-ring (bicyclic) bond motifs is 2. The maximum atomic E-state index is 12.4. The second-order valence-electron chi connectivity index (χ2n) is 5.90. The molecule has 4 heteroatoms. The van der Waals surface area contributed by atoms with Gasteiger partial charge in [0.25, 0.3) is 0 Å². The van der Waals surface area contributed by atoms with Crippen LogP contribution in [0.25, 0.3) is 17.1 Å². The molecule has 118 valence electrons. The van der Waals surface area contributed by atoms with Crippen molar-refractivity contribution in [3.8, 4) is 0 Å². The van der Waals surface area contributed by atoms with Crippen molar-refractivity contribution in [2.24, 2.45) is 0 Å². The SMILES string of the molecule is O=C(C=Cc1cnc2ccccc2n1)N1CCc2ccccc2C1. The Morgan fingerprint density at radius 3 is 2.62 bits per heavy atom. The van der Waals surface area contributed by atoms with Gasteiger partial charge in [-0.15, -0.1) is 0 Å². The second-order valence-corrected chi connectivity index (χ2v) is 5.90. The Balaban J connectivity index is 1.50. The molecule has 1 amide bonds. The van der Waals surface area contributed by atoms with Crippen LogP contribution in [-0.4, -0.2) is 27.3 Å². The highest BCUT2D eigenvalue weighted by molar-refractivity contribution is 5.92. The molecule has 0 fully saturated rings. The average Bonchev–Trinajstić information content (AvgIpc) is 2.65. The average molecular weight is 315 g/mol. The van der Waals surface area contributed by atoms with Crippen LogP contribution < -0.4 is 0 Å². The van der Waals surface area contributed by atoms with Gasteiger partial charge in [0.1, 0.15) is 0 Å². The quantitative estimate of drug-likeness (QED) is 0.682. The zero-order chi connectivity index (χ0) is 16.4. The molecule has 2 aromatic carbocycles. The van der Waals surface area contributed by atoms with E-state index in [1.165, 1.54) is 11.1 Å². The van der Waals surface area contributed by atoms with Gasteiger partial charge in [-0.05, 0) is 35.8 Å². The number of carbonyl (C=O) groups is 1. The first kappa shape index (κ1) is 14.6. The summed E-state index contributed by atoms with van der Waals surface area (Å²) < 4.78 is 0. The summed E-state index contributed by atoms with van der Waals surface area (Å²) in [5.41, 5.74) is 4.95. The number of benzene rings is 2. The summed E-state index contributed by atoms with van der Waals surface area (Å²) in [6.45, 7) is 1.42. The van der Waals surface area contributed by atoms with Crippen molar-refractivity contribution in [2.75, 3.05) is 6.54 Å². The number of amides is 1. The van der Waals surface area contributed by atoms with Gasteiger partial charge in [-0.25, -0.2) is 4.98 Å². The normalized spacial score (nSPS) is 14.1. The van der Waals surface area contributed by atoms with Crippen LogP contribution in [0, 0.1) is 0 Å². The van der Waals surface area contributed by atoms with E-state index in [-0.39, 0.29) is 5.91 Å². The Kier molecular flexibility index (Phi) is 3.79. The maximum absolute atomic E-state index is 12.4. The minimum atomic E-state index is 0.0134. The minimum Gasteiger partial charge on any atom is -0.334 e. The van der Waals surface area contributed by atoms with E-state index in [4.69, 9.17) is 0 Å². The number of hydrogen-bond acceptors (Lipinski definition) is 3. The highest BCUT2D eigenvalue weighted by Crippen LogP contribution is 2.18. The van der Waals surface area contributed by atoms with Crippen LogP contribution in [0.2, 0.25) is 0 Å². The summed E-state index contributed by atoms with van der Waals surface area (Å²) >= 11 is 0. The molecule has 0 radical (unpaired) electrons. The summed E-state index contributed by atoms with van der Waals surface area (Å²) in [7, 11) is 0. The largest absolute Gasteiger partial charge is 0.334 e. The van der Waals surface area contributed by atoms with Crippen molar-refractivity contribution < 1.29 is 4.79 Å². The molecule has 4 rings (SSSR count). The number of aromatic nitrogens is 2. The predicted molar refractivity (Wildman–Crippen MR) is 94.1 cm³/mol. The van der Waals surface area contributed by atoms with Crippen LogP contribution in [0.4, 0.5) is 0 Å². The van der Waals surface area contributed by atoms with E-state index in [1.807, 2.05) is 35.2 Å². The van der Waals surface area contributed by atoms with Gasteiger partial charge in [-0.3, -0.25) is 9.78 Å². The van der Waals surface area contributed by atoms with Gasteiger partial charge in [0, 0.05) is 19.2 Å². The lowest BCUT2D eigenvalue weighted by Gasteiger charge is -2.27. The number of rotatable bonds is 2. The lowest BCUT2D eigenvalue weighted by atomic mass is 10.00. The molecule has 0 bridgehead atoms. The molecule has 0 unspecified atom stereocenters. The van der Waals surface area contributed by atoms with Crippen molar-refractivity contribution in [2.45, 2.75) is 13.0 Å². The predicted octanol–water partition coefficient (Wildman–Crippen LogP) is 3.23. The number of para-hydroxylation sites is 2. The van der Waals surface area contributed by atoms with E-state index in [0.29, 0.717) is 12.2 Å². The third-order valence-electron chi connectivity index (χ3n) is 4.31. The van der Waals surface area contributed by atoms with Crippen molar-refractivity contribution in [3.63, 3.8) is 0 Å². The van der Waals surface area contributed by atoms with Gasteiger partial charge in [0.05, 0.1) is 22.9 Å². The first-order valence-corrected chi connectivity index (χ1v) is 8.05. The summed E-state index contributed by atoms with van der Waals surface area (Å²) in [5.74, 6) is 0.0134. The van der Waals surface area contributed by atoms with Gasteiger partial charge >= 0.3 is 0 Å².